The smallest absolute Gasteiger partial charge is 0.258 e. The fourth-order valence-corrected chi connectivity index (χ4v) is 3.32. The Morgan fingerprint density at radius 1 is 1.20 bits per heavy atom. The van der Waals surface area contributed by atoms with Crippen molar-refractivity contribution in [3.63, 3.8) is 0 Å². The molecule has 1 aliphatic heterocycles. The van der Waals surface area contributed by atoms with Crippen molar-refractivity contribution in [3.05, 3.63) is 57.5 Å². The average molecular weight is 336 g/mol. The second kappa shape index (κ2) is 7.52. The molecule has 2 aromatic rings. The Bertz CT molecular complexity index is 842. The Kier molecular flexibility index (Phi) is 5.18. The first-order valence-corrected chi connectivity index (χ1v) is 8.94. The number of aromatic nitrogens is 2. The molecule has 1 aliphatic rings. The summed E-state index contributed by atoms with van der Waals surface area (Å²) in [6, 6.07) is 9.68. The predicted molar refractivity (Wildman–Crippen MR) is 98.9 cm³/mol. The van der Waals surface area contributed by atoms with Gasteiger partial charge in [0, 0.05) is 24.8 Å². The van der Waals surface area contributed by atoms with Crippen molar-refractivity contribution in [1.29, 1.82) is 5.26 Å². The van der Waals surface area contributed by atoms with Gasteiger partial charge < -0.3 is 4.90 Å². The highest BCUT2D eigenvalue weighted by atomic mass is 16.1. The summed E-state index contributed by atoms with van der Waals surface area (Å²) in [6.45, 7) is 6.24. The second-order valence-electron chi connectivity index (χ2n) is 6.88. The molecule has 1 aromatic carbocycles. The molecular formula is C20H24N4O. The van der Waals surface area contributed by atoms with Gasteiger partial charge in [-0.25, -0.2) is 4.98 Å². The number of hydrogen-bond donors (Lipinski definition) is 0. The van der Waals surface area contributed by atoms with Crippen LogP contribution in [-0.4, -0.2) is 22.6 Å². The Morgan fingerprint density at radius 2 is 1.92 bits per heavy atom. The largest absolute Gasteiger partial charge is 0.342 e. The minimum atomic E-state index is -0.00156. The van der Waals surface area contributed by atoms with E-state index in [0.717, 1.165) is 43.0 Å². The summed E-state index contributed by atoms with van der Waals surface area (Å²) in [6.07, 6.45) is 5.19. The lowest BCUT2D eigenvalue weighted by atomic mass is 10.1. The van der Waals surface area contributed by atoms with E-state index >= 15 is 0 Å². The number of piperidine rings is 1. The van der Waals surface area contributed by atoms with Crippen molar-refractivity contribution in [2.45, 2.75) is 45.6 Å². The third kappa shape index (κ3) is 3.58. The SMILES string of the molecule is CC(C)c1cnc(N2CCCCC2)n(Cc2ccccc2C#N)c1=O. The molecule has 1 saturated heterocycles. The zero-order valence-electron chi connectivity index (χ0n) is 14.9. The van der Waals surface area contributed by atoms with Crippen LogP contribution in [0, 0.1) is 11.3 Å². The summed E-state index contributed by atoms with van der Waals surface area (Å²) < 4.78 is 1.75. The zero-order valence-corrected chi connectivity index (χ0v) is 14.9. The van der Waals surface area contributed by atoms with Crippen molar-refractivity contribution in [1.82, 2.24) is 9.55 Å². The highest BCUT2D eigenvalue weighted by Gasteiger charge is 2.20. The van der Waals surface area contributed by atoms with Crippen molar-refractivity contribution < 1.29 is 0 Å². The highest BCUT2D eigenvalue weighted by Crippen LogP contribution is 2.20. The maximum Gasteiger partial charge on any atom is 0.258 e. The maximum atomic E-state index is 13.1. The van der Waals surface area contributed by atoms with E-state index in [4.69, 9.17) is 0 Å². The number of hydrogen-bond acceptors (Lipinski definition) is 4. The summed E-state index contributed by atoms with van der Waals surface area (Å²) >= 11 is 0. The van der Waals surface area contributed by atoms with Crippen molar-refractivity contribution in [2.75, 3.05) is 18.0 Å². The van der Waals surface area contributed by atoms with Gasteiger partial charge in [0.15, 0.2) is 0 Å². The number of benzene rings is 1. The normalized spacial score (nSPS) is 14.6. The van der Waals surface area contributed by atoms with Crippen molar-refractivity contribution in [2.24, 2.45) is 0 Å². The fraction of sp³-hybridized carbons (Fsp3) is 0.450. The number of nitriles is 1. The van der Waals surface area contributed by atoms with E-state index in [1.165, 1.54) is 6.42 Å². The summed E-state index contributed by atoms with van der Waals surface area (Å²) in [5.74, 6) is 0.842. The van der Waals surface area contributed by atoms with Crippen LogP contribution in [0.2, 0.25) is 0 Å². The lowest BCUT2D eigenvalue weighted by Crippen LogP contribution is -2.37. The molecule has 3 rings (SSSR count). The molecule has 2 heterocycles. The van der Waals surface area contributed by atoms with E-state index in [-0.39, 0.29) is 11.5 Å². The molecule has 0 unspecified atom stereocenters. The quantitative estimate of drug-likeness (QED) is 0.859. The standard InChI is InChI=1S/C20H24N4O/c1-15(2)18-13-22-20(23-10-6-3-7-11-23)24(19(18)25)14-17-9-5-4-8-16(17)12-21/h4-5,8-9,13,15H,3,6-7,10-11,14H2,1-2H3. The zero-order chi connectivity index (χ0) is 17.8. The van der Waals surface area contributed by atoms with Gasteiger partial charge in [-0.2, -0.15) is 5.26 Å². The summed E-state index contributed by atoms with van der Waals surface area (Å²) in [5.41, 5.74) is 2.18. The number of rotatable bonds is 4. The van der Waals surface area contributed by atoms with E-state index in [0.29, 0.717) is 12.1 Å². The summed E-state index contributed by atoms with van der Waals surface area (Å²) in [4.78, 5) is 19.9. The van der Waals surface area contributed by atoms with Gasteiger partial charge in [0.05, 0.1) is 18.2 Å². The van der Waals surface area contributed by atoms with Gasteiger partial charge >= 0.3 is 0 Å². The van der Waals surface area contributed by atoms with Gasteiger partial charge in [-0.1, -0.05) is 32.0 Å². The van der Waals surface area contributed by atoms with Crippen molar-refractivity contribution >= 4 is 5.95 Å². The van der Waals surface area contributed by atoms with Gasteiger partial charge in [0.25, 0.3) is 5.56 Å². The molecule has 5 nitrogen and oxygen atoms in total. The van der Waals surface area contributed by atoms with E-state index in [9.17, 15) is 10.1 Å². The Labute approximate surface area is 148 Å². The molecule has 130 valence electrons. The molecule has 0 radical (unpaired) electrons. The average Bonchev–Trinajstić information content (AvgIpc) is 2.64. The van der Waals surface area contributed by atoms with Gasteiger partial charge in [-0.05, 0) is 36.8 Å². The molecule has 0 saturated carbocycles. The maximum absolute atomic E-state index is 13.1. The molecule has 0 atom stereocenters. The summed E-state index contributed by atoms with van der Waals surface area (Å²) in [7, 11) is 0. The number of anilines is 1. The van der Waals surface area contributed by atoms with Crippen molar-refractivity contribution in [3.8, 4) is 6.07 Å². The Hall–Kier alpha value is -2.61. The molecular weight excluding hydrogens is 312 g/mol. The highest BCUT2D eigenvalue weighted by molar-refractivity contribution is 5.40. The molecule has 0 amide bonds. The topological polar surface area (TPSA) is 61.9 Å². The molecule has 0 bridgehead atoms. The predicted octanol–water partition coefficient (Wildman–Crippen LogP) is 3.28. The van der Waals surface area contributed by atoms with E-state index < -0.39 is 0 Å². The third-order valence-electron chi connectivity index (χ3n) is 4.78. The van der Waals surface area contributed by atoms with Gasteiger partial charge in [0.2, 0.25) is 5.95 Å². The van der Waals surface area contributed by atoms with Crippen LogP contribution in [0.4, 0.5) is 5.95 Å². The van der Waals surface area contributed by atoms with E-state index in [1.54, 1.807) is 16.8 Å². The van der Waals surface area contributed by atoms with E-state index in [1.807, 2.05) is 32.0 Å². The van der Waals surface area contributed by atoms with Crippen LogP contribution in [0.25, 0.3) is 0 Å². The first-order valence-electron chi connectivity index (χ1n) is 8.94. The first kappa shape index (κ1) is 17.2. The van der Waals surface area contributed by atoms with E-state index in [2.05, 4.69) is 16.0 Å². The molecule has 0 aliphatic carbocycles. The second-order valence-corrected chi connectivity index (χ2v) is 6.88. The van der Waals surface area contributed by atoms with Crippen LogP contribution in [0.5, 0.6) is 0 Å². The number of nitrogens with zero attached hydrogens (tertiary/aromatic N) is 4. The lowest BCUT2D eigenvalue weighted by Gasteiger charge is -2.30. The van der Waals surface area contributed by atoms with Crippen LogP contribution in [0.15, 0.2) is 35.3 Å². The Morgan fingerprint density at radius 3 is 2.60 bits per heavy atom. The molecule has 25 heavy (non-hydrogen) atoms. The van der Waals surface area contributed by atoms with Crippen LogP contribution in [-0.2, 0) is 6.54 Å². The lowest BCUT2D eigenvalue weighted by molar-refractivity contribution is 0.548. The third-order valence-corrected chi connectivity index (χ3v) is 4.78. The summed E-state index contributed by atoms with van der Waals surface area (Å²) in [5, 5.41) is 9.36. The van der Waals surface area contributed by atoms with Crippen LogP contribution >= 0.6 is 0 Å². The minimum absolute atomic E-state index is 0.00156. The molecule has 0 N–H and O–H groups in total. The molecule has 1 fully saturated rings. The Balaban J connectivity index is 2.09. The van der Waals surface area contributed by atoms with Gasteiger partial charge in [-0.3, -0.25) is 9.36 Å². The fourth-order valence-electron chi connectivity index (χ4n) is 3.32. The van der Waals surface area contributed by atoms with Gasteiger partial charge in [0.1, 0.15) is 0 Å². The van der Waals surface area contributed by atoms with Crippen LogP contribution < -0.4 is 10.5 Å². The molecule has 5 heteroatoms. The monoisotopic (exact) mass is 336 g/mol. The van der Waals surface area contributed by atoms with Crippen LogP contribution in [0.1, 0.15) is 55.7 Å². The minimum Gasteiger partial charge on any atom is -0.342 e. The molecule has 0 spiro atoms. The van der Waals surface area contributed by atoms with Gasteiger partial charge in [-0.15, -0.1) is 0 Å². The molecule has 1 aromatic heterocycles. The van der Waals surface area contributed by atoms with Crippen LogP contribution in [0.3, 0.4) is 0 Å². The first-order chi connectivity index (χ1) is 12.1.